The van der Waals surface area contributed by atoms with Crippen molar-refractivity contribution in [2.24, 2.45) is 0 Å². The number of hydrogen-bond donors (Lipinski definition) is 2. The van der Waals surface area contributed by atoms with Gasteiger partial charge in [0.2, 0.25) is 0 Å². The van der Waals surface area contributed by atoms with Crippen molar-refractivity contribution < 1.29 is 5.11 Å². The largest absolute Gasteiger partial charge is 0.396 e. The quantitative estimate of drug-likeness (QED) is 0.780. The molecule has 0 aliphatic carbocycles. The summed E-state index contributed by atoms with van der Waals surface area (Å²) in [5, 5.41) is 20.3. The molecule has 2 aromatic rings. The van der Waals surface area contributed by atoms with Crippen molar-refractivity contribution in [2.75, 3.05) is 6.61 Å². The zero-order valence-corrected chi connectivity index (χ0v) is 12.8. The lowest BCUT2D eigenvalue weighted by molar-refractivity contribution is 0.276. The van der Waals surface area contributed by atoms with E-state index in [1.165, 1.54) is 11.1 Å². The van der Waals surface area contributed by atoms with E-state index in [-0.39, 0.29) is 6.61 Å². The van der Waals surface area contributed by atoms with Crippen LogP contribution < -0.4 is 5.32 Å². The molecule has 0 atom stereocenters. The SMILES string of the molecule is CC(C)c1ccc(CNCc2cn(CCCO)nn2)cc1. The van der Waals surface area contributed by atoms with Crippen LogP contribution in [0.25, 0.3) is 0 Å². The minimum absolute atomic E-state index is 0.180. The van der Waals surface area contributed by atoms with Gasteiger partial charge in [-0.25, -0.2) is 0 Å². The third kappa shape index (κ3) is 4.95. The van der Waals surface area contributed by atoms with Crippen molar-refractivity contribution >= 4 is 0 Å². The molecule has 0 saturated carbocycles. The highest BCUT2D eigenvalue weighted by Crippen LogP contribution is 2.14. The molecule has 0 saturated heterocycles. The van der Waals surface area contributed by atoms with Crippen LogP contribution in [0.1, 0.15) is 43.0 Å². The number of benzene rings is 1. The molecule has 1 heterocycles. The van der Waals surface area contributed by atoms with Gasteiger partial charge in [-0.05, 0) is 23.5 Å². The average molecular weight is 288 g/mol. The molecular formula is C16H24N4O. The number of aliphatic hydroxyl groups is 1. The molecule has 0 fully saturated rings. The van der Waals surface area contributed by atoms with Crippen LogP contribution in [0.4, 0.5) is 0 Å². The lowest BCUT2D eigenvalue weighted by Crippen LogP contribution is -2.13. The maximum atomic E-state index is 8.78. The third-order valence-corrected chi connectivity index (χ3v) is 3.41. The lowest BCUT2D eigenvalue weighted by atomic mass is 10.0. The molecule has 0 radical (unpaired) electrons. The summed E-state index contributed by atoms with van der Waals surface area (Å²) in [5.41, 5.74) is 3.56. The number of hydrogen-bond acceptors (Lipinski definition) is 4. The number of nitrogens with one attached hydrogen (secondary N) is 1. The van der Waals surface area contributed by atoms with E-state index in [0.717, 1.165) is 12.2 Å². The molecule has 2 rings (SSSR count). The Labute approximate surface area is 126 Å². The normalized spacial score (nSPS) is 11.2. The molecule has 0 amide bonds. The van der Waals surface area contributed by atoms with Crippen LogP contribution in [0.15, 0.2) is 30.5 Å². The molecule has 21 heavy (non-hydrogen) atoms. The van der Waals surface area contributed by atoms with Crippen molar-refractivity contribution in [3.05, 3.63) is 47.3 Å². The van der Waals surface area contributed by atoms with Gasteiger partial charge in [-0.2, -0.15) is 0 Å². The van der Waals surface area contributed by atoms with Crippen LogP contribution in [-0.4, -0.2) is 26.7 Å². The number of rotatable bonds is 8. The fourth-order valence-corrected chi connectivity index (χ4v) is 2.12. The summed E-state index contributed by atoms with van der Waals surface area (Å²) in [6, 6.07) is 8.71. The summed E-state index contributed by atoms with van der Waals surface area (Å²) in [6.07, 6.45) is 2.63. The number of aromatic nitrogens is 3. The number of aliphatic hydroxyl groups excluding tert-OH is 1. The Morgan fingerprint density at radius 2 is 1.95 bits per heavy atom. The summed E-state index contributed by atoms with van der Waals surface area (Å²) in [5.74, 6) is 0.570. The second-order valence-electron chi connectivity index (χ2n) is 5.55. The van der Waals surface area contributed by atoms with Gasteiger partial charge in [0.05, 0.1) is 5.69 Å². The molecule has 0 aliphatic heterocycles. The first kappa shape index (κ1) is 15.7. The van der Waals surface area contributed by atoms with E-state index in [4.69, 9.17) is 5.11 Å². The maximum absolute atomic E-state index is 8.78. The van der Waals surface area contributed by atoms with E-state index in [1.54, 1.807) is 4.68 Å². The van der Waals surface area contributed by atoms with E-state index in [9.17, 15) is 0 Å². The zero-order valence-electron chi connectivity index (χ0n) is 12.8. The number of aryl methyl sites for hydroxylation is 1. The Morgan fingerprint density at radius 3 is 2.62 bits per heavy atom. The maximum Gasteiger partial charge on any atom is 0.0964 e. The fourth-order valence-electron chi connectivity index (χ4n) is 2.12. The van der Waals surface area contributed by atoms with Gasteiger partial charge >= 0.3 is 0 Å². The highest BCUT2D eigenvalue weighted by atomic mass is 16.3. The van der Waals surface area contributed by atoms with Gasteiger partial charge in [0, 0.05) is 32.4 Å². The Morgan fingerprint density at radius 1 is 1.19 bits per heavy atom. The molecule has 0 bridgehead atoms. The molecule has 114 valence electrons. The van der Waals surface area contributed by atoms with Gasteiger partial charge in [0.25, 0.3) is 0 Å². The van der Waals surface area contributed by atoms with E-state index in [0.29, 0.717) is 25.4 Å². The van der Waals surface area contributed by atoms with Crippen LogP contribution in [0, 0.1) is 0 Å². The first-order valence-electron chi connectivity index (χ1n) is 7.48. The van der Waals surface area contributed by atoms with E-state index >= 15 is 0 Å². The average Bonchev–Trinajstić information content (AvgIpc) is 2.93. The van der Waals surface area contributed by atoms with Crippen LogP contribution in [0.2, 0.25) is 0 Å². The Bertz CT molecular complexity index is 533. The highest BCUT2D eigenvalue weighted by Gasteiger charge is 2.02. The summed E-state index contributed by atoms with van der Waals surface area (Å²) < 4.78 is 1.77. The lowest BCUT2D eigenvalue weighted by Gasteiger charge is -2.07. The monoisotopic (exact) mass is 288 g/mol. The van der Waals surface area contributed by atoms with Gasteiger partial charge in [-0.3, -0.25) is 4.68 Å². The predicted octanol–water partition coefficient (Wildman–Crippen LogP) is 2.07. The molecule has 5 nitrogen and oxygen atoms in total. The topological polar surface area (TPSA) is 63.0 Å². The minimum Gasteiger partial charge on any atom is -0.396 e. The molecule has 5 heteroatoms. The Balaban J connectivity index is 1.77. The van der Waals surface area contributed by atoms with Gasteiger partial charge < -0.3 is 10.4 Å². The van der Waals surface area contributed by atoms with Crippen molar-refractivity contribution in [1.29, 1.82) is 0 Å². The summed E-state index contributed by atoms with van der Waals surface area (Å²) >= 11 is 0. The van der Waals surface area contributed by atoms with Crippen molar-refractivity contribution in [2.45, 2.75) is 45.8 Å². The standard InChI is InChI=1S/C16H24N4O/c1-13(2)15-6-4-14(5-7-15)10-17-11-16-12-20(19-18-16)8-3-9-21/h4-7,12-13,17,21H,3,8-11H2,1-2H3. The molecule has 2 N–H and O–H groups in total. The molecule has 1 aromatic heterocycles. The van der Waals surface area contributed by atoms with Gasteiger partial charge in [-0.1, -0.05) is 43.3 Å². The van der Waals surface area contributed by atoms with E-state index in [1.807, 2.05) is 6.20 Å². The highest BCUT2D eigenvalue weighted by molar-refractivity contribution is 5.24. The third-order valence-electron chi connectivity index (χ3n) is 3.41. The fraction of sp³-hybridized carbons (Fsp3) is 0.500. The number of nitrogens with zero attached hydrogens (tertiary/aromatic N) is 3. The summed E-state index contributed by atoms with van der Waals surface area (Å²) in [7, 11) is 0. The first-order chi connectivity index (χ1) is 10.2. The van der Waals surface area contributed by atoms with E-state index in [2.05, 4.69) is 53.7 Å². The van der Waals surface area contributed by atoms with Gasteiger partial charge in [-0.15, -0.1) is 5.10 Å². The van der Waals surface area contributed by atoms with Crippen LogP contribution in [0.3, 0.4) is 0 Å². The van der Waals surface area contributed by atoms with Crippen LogP contribution in [-0.2, 0) is 19.6 Å². The molecule has 0 unspecified atom stereocenters. The molecule has 0 aliphatic rings. The van der Waals surface area contributed by atoms with Gasteiger partial charge in [0.1, 0.15) is 0 Å². The Kier molecular flexibility index (Phi) is 5.90. The summed E-state index contributed by atoms with van der Waals surface area (Å²) in [4.78, 5) is 0. The van der Waals surface area contributed by atoms with Crippen molar-refractivity contribution in [3.8, 4) is 0 Å². The van der Waals surface area contributed by atoms with Crippen molar-refractivity contribution in [3.63, 3.8) is 0 Å². The minimum atomic E-state index is 0.180. The van der Waals surface area contributed by atoms with E-state index < -0.39 is 0 Å². The second kappa shape index (κ2) is 7.90. The Hall–Kier alpha value is -1.72. The molecule has 1 aromatic carbocycles. The van der Waals surface area contributed by atoms with Crippen LogP contribution in [0.5, 0.6) is 0 Å². The molecular weight excluding hydrogens is 264 g/mol. The summed E-state index contributed by atoms with van der Waals surface area (Å²) in [6.45, 7) is 6.81. The smallest absolute Gasteiger partial charge is 0.0964 e. The first-order valence-corrected chi connectivity index (χ1v) is 7.48. The molecule has 0 spiro atoms. The van der Waals surface area contributed by atoms with Gasteiger partial charge in [0.15, 0.2) is 0 Å². The van der Waals surface area contributed by atoms with Crippen LogP contribution >= 0.6 is 0 Å². The predicted molar refractivity (Wildman–Crippen MR) is 82.8 cm³/mol. The van der Waals surface area contributed by atoms with Crippen molar-refractivity contribution in [1.82, 2.24) is 20.3 Å². The zero-order chi connectivity index (χ0) is 15.1. The second-order valence-corrected chi connectivity index (χ2v) is 5.55.